The van der Waals surface area contributed by atoms with E-state index in [0.717, 1.165) is 0 Å². The normalized spacial score (nSPS) is 26.9. The molecule has 0 saturated carbocycles. The maximum atomic E-state index is 14.4. The highest BCUT2D eigenvalue weighted by molar-refractivity contribution is 6.53. The third-order valence-corrected chi connectivity index (χ3v) is 4.46. The zero-order chi connectivity index (χ0) is 16.9. The highest BCUT2D eigenvalue weighted by Gasteiger charge is 2.55. The van der Waals surface area contributed by atoms with Gasteiger partial charge >= 0.3 is 13.3 Å². The van der Waals surface area contributed by atoms with E-state index in [0.29, 0.717) is 13.1 Å². The number of nitrogens with two attached hydrogens (primary N) is 1. The molecule has 0 aromatic rings. The number of alkyl halides is 3. The lowest BCUT2D eigenvalue weighted by Crippen LogP contribution is -2.56. The molecule has 9 heteroatoms. The maximum Gasteiger partial charge on any atom is 0.525 e. The first-order valence-corrected chi connectivity index (χ1v) is 7.13. The summed E-state index contributed by atoms with van der Waals surface area (Å²) < 4.78 is 64.6. The van der Waals surface area contributed by atoms with E-state index in [1.54, 1.807) is 27.7 Å². The van der Waals surface area contributed by atoms with Crippen molar-refractivity contribution in [2.24, 2.45) is 5.73 Å². The van der Waals surface area contributed by atoms with Crippen LogP contribution in [0.1, 0.15) is 27.7 Å². The highest BCUT2D eigenvalue weighted by atomic mass is 19.4. The van der Waals surface area contributed by atoms with E-state index in [-0.39, 0.29) is 6.04 Å². The Hall–Kier alpha value is -0.635. The number of likely N-dealkylation sites (tertiary alicyclic amines) is 1. The molecule has 0 aliphatic carbocycles. The van der Waals surface area contributed by atoms with E-state index in [1.165, 1.54) is 4.90 Å². The largest absolute Gasteiger partial charge is 0.525 e. The molecule has 126 valence electrons. The van der Waals surface area contributed by atoms with Gasteiger partial charge in [0.25, 0.3) is 0 Å². The smallest absolute Gasteiger partial charge is 0.398 e. The second-order valence-corrected chi connectivity index (χ2v) is 6.87. The number of nitrogens with zero attached hydrogens (tertiary/aromatic N) is 1. The summed E-state index contributed by atoms with van der Waals surface area (Å²) in [6.45, 7) is 6.70. The monoisotopic (exact) mass is 324 g/mol. The molecule has 0 bridgehead atoms. The van der Waals surface area contributed by atoms with Crippen LogP contribution in [0, 0.1) is 0 Å². The molecule has 2 aliphatic heterocycles. The van der Waals surface area contributed by atoms with Crippen LogP contribution in [0.5, 0.6) is 0 Å². The van der Waals surface area contributed by atoms with Gasteiger partial charge in [0.05, 0.1) is 16.8 Å². The van der Waals surface area contributed by atoms with Gasteiger partial charge in [-0.1, -0.05) is 0 Å². The highest BCUT2D eigenvalue weighted by Crippen LogP contribution is 2.41. The molecule has 2 N–H and O–H groups in total. The molecule has 0 aromatic heterocycles. The first-order chi connectivity index (χ1) is 9.83. The average molecular weight is 324 g/mol. The van der Waals surface area contributed by atoms with Crippen LogP contribution in [0.15, 0.2) is 11.3 Å². The molecule has 0 spiro atoms. The van der Waals surface area contributed by atoms with Gasteiger partial charge in [-0.25, -0.2) is 4.39 Å². The third kappa shape index (κ3) is 3.32. The standard InChI is InChI=1S/C13H21BF4N2O2/c1-11(2)12(3,4)22-14(21-11)10(15)9(13(16,17)18)7-20-5-8(19)6-20/h8H,5-7,19H2,1-4H3. The van der Waals surface area contributed by atoms with Gasteiger partial charge in [0.1, 0.15) is 5.73 Å². The molecule has 2 aliphatic rings. The van der Waals surface area contributed by atoms with Crippen LogP contribution in [0.2, 0.25) is 0 Å². The van der Waals surface area contributed by atoms with Crippen molar-refractivity contribution < 1.29 is 26.9 Å². The molecule has 0 radical (unpaired) electrons. The number of halogens is 4. The lowest BCUT2D eigenvalue weighted by atomic mass is 9.84. The van der Waals surface area contributed by atoms with Crippen molar-refractivity contribution >= 4 is 7.12 Å². The second-order valence-electron chi connectivity index (χ2n) is 6.87. The van der Waals surface area contributed by atoms with Crippen LogP contribution in [-0.2, 0) is 9.31 Å². The van der Waals surface area contributed by atoms with Gasteiger partial charge in [-0.05, 0) is 27.7 Å². The predicted molar refractivity (Wildman–Crippen MR) is 74.7 cm³/mol. The van der Waals surface area contributed by atoms with Crippen molar-refractivity contribution in [2.75, 3.05) is 19.6 Å². The Balaban J connectivity index is 2.23. The Labute approximate surface area is 127 Å². The van der Waals surface area contributed by atoms with Gasteiger partial charge in [-0.2, -0.15) is 13.2 Å². The minimum atomic E-state index is -4.78. The van der Waals surface area contributed by atoms with Crippen LogP contribution < -0.4 is 5.73 Å². The molecular formula is C13H21BF4N2O2. The minimum absolute atomic E-state index is 0.158. The quantitative estimate of drug-likeness (QED) is 0.638. The number of rotatable bonds is 3. The van der Waals surface area contributed by atoms with Crippen molar-refractivity contribution in [1.29, 1.82) is 0 Å². The van der Waals surface area contributed by atoms with Gasteiger partial charge in [-0.3, -0.25) is 4.90 Å². The zero-order valence-electron chi connectivity index (χ0n) is 13.1. The van der Waals surface area contributed by atoms with E-state index >= 15 is 0 Å². The third-order valence-electron chi connectivity index (χ3n) is 4.46. The van der Waals surface area contributed by atoms with Crippen LogP contribution in [0.3, 0.4) is 0 Å². The first kappa shape index (κ1) is 17.7. The lowest BCUT2D eigenvalue weighted by molar-refractivity contribution is -0.0991. The van der Waals surface area contributed by atoms with Crippen molar-refractivity contribution in [2.45, 2.75) is 51.1 Å². The fourth-order valence-electron chi connectivity index (χ4n) is 2.35. The predicted octanol–water partition coefficient (Wildman–Crippen LogP) is 2.05. The average Bonchev–Trinajstić information content (AvgIpc) is 2.50. The summed E-state index contributed by atoms with van der Waals surface area (Å²) in [5.74, 6) is 0. The van der Waals surface area contributed by atoms with Crippen molar-refractivity contribution in [3.8, 4) is 0 Å². The number of hydrogen-bond acceptors (Lipinski definition) is 4. The van der Waals surface area contributed by atoms with E-state index in [2.05, 4.69) is 0 Å². The molecule has 0 amide bonds. The summed E-state index contributed by atoms with van der Waals surface area (Å²) in [6, 6.07) is -0.158. The van der Waals surface area contributed by atoms with Crippen molar-refractivity contribution in [1.82, 2.24) is 4.90 Å². The van der Waals surface area contributed by atoms with Gasteiger partial charge in [0.2, 0.25) is 0 Å². The maximum absolute atomic E-state index is 14.4. The molecule has 0 aromatic carbocycles. The molecule has 0 atom stereocenters. The minimum Gasteiger partial charge on any atom is -0.398 e. The Morgan fingerprint density at radius 3 is 2.00 bits per heavy atom. The molecule has 4 nitrogen and oxygen atoms in total. The van der Waals surface area contributed by atoms with Crippen LogP contribution >= 0.6 is 0 Å². The van der Waals surface area contributed by atoms with Crippen LogP contribution in [-0.4, -0.2) is 55.1 Å². The van der Waals surface area contributed by atoms with Crippen LogP contribution in [0.4, 0.5) is 17.6 Å². The number of hydrogen-bond donors (Lipinski definition) is 1. The van der Waals surface area contributed by atoms with Crippen molar-refractivity contribution in [3.63, 3.8) is 0 Å². The molecule has 2 heterocycles. The summed E-state index contributed by atoms with van der Waals surface area (Å²) in [4.78, 5) is 1.44. The first-order valence-electron chi connectivity index (χ1n) is 7.13. The van der Waals surface area contributed by atoms with Gasteiger partial charge < -0.3 is 15.0 Å². The fourth-order valence-corrected chi connectivity index (χ4v) is 2.35. The SMILES string of the molecule is CC1(C)OB(C(F)=C(CN2CC(N)C2)C(F)(F)F)OC1(C)C. The summed E-state index contributed by atoms with van der Waals surface area (Å²) in [6.07, 6.45) is -4.78. The lowest BCUT2D eigenvalue weighted by Gasteiger charge is -2.37. The summed E-state index contributed by atoms with van der Waals surface area (Å²) in [5.41, 5.74) is 1.07. The van der Waals surface area contributed by atoms with Crippen LogP contribution in [0.25, 0.3) is 0 Å². The van der Waals surface area contributed by atoms with E-state index in [9.17, 15) is 17.6 Å². The zero-order valence-corrected chi connectivity index (χ0v) is 13.1. The van der Waals surface area contributed by atoms with Gasteiger partial charge in [0, 0.05) is 25.7 Å². The molecule has 2 rings (SSSR count). The molecule has 2 saturated heterocycles. The van der Waals surface area contributed by atoms with E-state index in [1.807, 2.05) is 0 Å². The van der Waals surface area contributed by atoms with E-state index < -0.39 is 42.3 Å². The van der Waals surface area contributed by atoms with Gasteiger partial charge in [-0.15, -0.1) is 0 Å². The topological polar surface area (TPSA) is 47.7 Å². The molecular weight excluding hydrogens is 303 g/mol. The summed E-state index contributed by atoms with van der Waals surface area (Å²) >= 11 is 0. The Morgan fingerprint density at radius 1 is 1.18 bits per heavy atom. The van der Waals surface area contributed by atoms with E-state index in [4.69, 9.17) is 15.0 Å². The molecule has 0 unspecified atom stereocenters. The second kappa shape index (κ2) is 5.47. The Morgan fingerprint density at radius 2 is 1.64 bits per heavy atom. The Bertz CT molecular complexity index is 457. The van der Waals surface area contributed by atoms with Gasteiger partial charge in [0.15, 0.2) is 0 Å². The Kier molecular flexibility index (Phi) is 4.40. The van der Waals surface area contributed by atoms with Crippen molar-refractivity contribution in [3.05, 3.63) is 11.3 Å². The molecule has 22 heavy (non-hydrogen) atoms. The fraction of sp³-hybridized carbons (Fsp3) is 0.846. The summed E-state index contributed by atoms with van der Waals surface area (Å²) in [5, 5.41) is 0. The molecule has 2 fully saturated rings. The summed E-state index contributed by atoms with van der Waals surface area (Å²) in [7, 11) is -1.64.